The summed E-state index contributed by atoms with van der Waals surface area (Å²) in [5.74, 6) is -0.647. The molecule has 0 bridgehead atoms. The van der Waals surface area contributed by atoms with Crippen LogP contribution in [-0.4, -0.2) is 17.6 Å². The number of ketones is 1. The summed E-state index contributed by atoms with van der Waals surface area (Å²) in [5.41, 5.74) is 1.16. The lowest BCUT2D eigenvalue weighted by Crippen LogP contribution is -2.15. The monoisotopic (exact) mass is 248 g/mol. The van der Waals surface area contributed by atoms with E-state index in [1.165, 1.54) is 6.92 Å². The van der Waals surface area contributed by atoms with Gasteiger partial charge in [0, 0.05) is 17.8 Å². The molecule has 1 rings (SSSR count). The first-order chi connectivity index (χ1) is 8.51. The first-order valence-electron chi connectivity index (χ1n) is 5.70. The molecule has 0 aliphatic carbocycles. The normalized spacial score (nSPS) is 9.67. The van der Waals surface area contributed by atoms with Crippen LogP contribution in [0, 0.1) is 0 Å². The summed E-state index contributed by atoms with van der Waals surface area (Å²) in [6.07, 6.45) is 0.243. The highest BCUT2D eigenvalue weighted by Gasteiger charge is 2.06. The van der Waals surface area contributed by atoms with Gasteiger partial charge in [-0.15, -0.1) is 0 Å². The van der Waals surface area contributed by atoms with Gasteiger partial charge in [-0.25, -0.2) is 0 Å². The lowest BCUT2D eigenvalue weighted by atomic mass is 10.2. The van der Waals surface area contributed by atoms with Crippen molar-refractivity contribution in [2.24, 2.45) is 0 Å². The van der Waals surface area contributed by atoms with Crippen molar-refractivity contribution in [2.75, 3.05) is 10.6 Å². The smallest absolute Gasteiger partial charge is 0.231 e. The summed E-state index contributed by atoms with van der Waals surface area (Å²) < 4.78 is 0. The van der Waals surface area contributed by atoms with Gasteiger partial charge >= 0.3 is 0 Å². The molecule has 0 fully saturated rings. The fourth-order valence-electron chi connectivity index (χ4n) is 1.36. The maximum atomic E-state index is 11.4. The molecule has 0 radical (unpaired) electrons. The predicted molar refractivity (Wildman–Crippen MR) is 69.3 cm³/mol. The van der Waals surface area contributed by atoms with Crippen LogP contribution < -0.4 is 10.6 Å². The van der Waals surface area contributed by atoms with Gasteiger partial charge in [0.15, 0.2) is 0 Å². The lowest BCUT2D eigenvalue weighted by molar-refractivity contribution is -0.124. The Morgan fingerprint density at radius 2 is 1.61 bits per heavy atom. The van der Waals surface area contributed by atoms with Gasteiger partial charge in [0.05, 0.1) is 6.42 Å². The summed E-state index contributed by atoms with van der Waals surface area (Å²) in [5, 5.41) is 5.28. The zero-order chi connectivity index (χ0) is 13.5. The molecule has 0 unspecified atom stereocenters. The van der Waals surface area contributed by atoms with Crippen molar-refractivity contribution < 1.29 is 14.4 Å². The molecular formula is C13H16N2O3. The average molecular weight is 248 g/mol. The summed E-state index contributed by atoms with van der Waals surface area (Å²) in [7, 11) is 0. The van der Waals surface area contributed by atoms with Gasteiger partial charge in [-0.2, -0.15) is 0 Å². The Kier molecular flexibility index (Phi) is 5.05. The second-order valence-corrected chi connectivity index (χ2v) is 3.91. The van der Waals surface area contributed by atoms with E-state index in [-0.39, 0.29) is 24.0 Å². The zero-order valence-electron chi connectivity index (χ0n) is 10.4. The second kappa shape index (κ2) is 6.54. The molecule has 0 aliphatic rings. The van der Waals surface area contributed by atoms with Crippen LogP contribution in [0.3, 0.4) is 0 Å². The average Bonchev–Trinajstić information content (AvgIpc) is 2.28. The van der Waals surface area contributed by atoms with Crippen LogP contribution >= 0.6 is 0 Å². The quantitative estimate of drug-likeness (QED) is 0.782. The van der Waals surface area contributed by atoms with E-state index in [4.69, 9.17) is 0 Å². The number of carbonyl (C=O) groups excluding carboxylic acids is 3. The van der Waals surface area contributed by atoms with Gasteiger partial charge < -0.3 is 10.6 Å². The molecule has 0 heterocycles. The standard InChI is InChI=1S/C13H16N2O3/c1-3-12(17)14-10-5-4-6-11(8-10)15-13(18)7-9(2)16/h4-6,8H,3,7H2,1-2H3,(H,14,17)(H,15,18). The number of anilines is 2. The number of rotatable bonds is 5. The minimum Gasteiger partial charge on any atom is -0.326 e. The Labute approximate surface area is 106 Å². The minimum atomic E-state index is -0.360. The third kappa shape index (κ3) is 4.78. The SMILES string of the molecule is CCC(=O)Nc1cccc(NC(=O)CC(C)=O)c1. The van der Waals surface area contributed by atoms with Crippen LogP contribution in [0.15, 0.2) is 24.3 Å². The van der Waals surface area contributed by atoms with E-state index in [0.29, 0.717) is 17.8 Å². The van der Waals surface area contributed by atoms with Crippen LogP contribution in [0.4, 0.5) is 11.4 Å². The van der Waals surface area contributed by atoms with E-state index in [0.717, 1.165) is 0 Å². The van der Waals surface area contributed by atoms with Gasteiger partial charge in [0.2, 0.25) is 11.8 Å². The number of Topliss-reactive ketones (excluding diaryl/α,β-unsaturated/α-hetero) is 1. The van der Waals surface area contributed by atoms with Crippen molar-refractivity contribution >= 4 is 29.0 Å². The van der Waals surface area contributed by atoms with Crippen LogP contribution in [0.25, 0.3) is 0 Å². The fourth-order valence-corrected chi connectivity index (χ4v) is 1.36. The molecule has 0 saturated carbocycles. The Hall–Kier alpha value is -2.17. The molecule has 96 valence electrons. The first-order valence-corrected chi connectivity index (χ1v) is 5.70. The number of hydrogen-bond acceptors (Lipinski definition) is 3. The molecular weight excluding hydrogens is 232 g/mol. The van der Waals surface area contributed by atoms with Crippen molar-refractivity contribution in [3.63, 3.8) is 0 Å². The van der Waals surface area contributed by atoms with E-state index in [1.807, 2.05) is 0 Å². The Morgan fingerprint density at radius 1 is 1.06 bits per heavy atom. The van der Waals surface area contributed by atoms with Crippen molar-refractivity contribution in [1.29, 1.82) is 0 Å². The Morgan fingerprint density at radius 3 is 2.11 bits per heavy atom. The summed E-state index contributed by atoms with van der Waals surface area (Å²) in [6, 6.07) is 6.79. The number of carbonyl (C=O) groups is 3. The van der Waals surface area contributed by atoms with Gasteiger partial charge in [-0.3, -0.25) is 14.4 Å². The van der Waals surface area contributed by atoms with Crippen molar-refractivity contribution in [3.05, 3.63) is 24.3 Å². The molecule has 0 aliphatic heterocycles. The molecule has 5 nitrogen and oxygen atoms in total. The molecule has 0 saturated heterocycles. The molecule has 0 aromatic heterocycles. The van der Waals surface area contributed by atoms with Crippen LogP contribution in [-0.2, 0) is 14.4 Å². The van der Waals surface area contributed by atoms with Crippen molar-refractivity contribution in [3.8, 4) is 0 Å². The fraction of sp³-hybridized carbons (Fsp3) is 0.308. The minimum absolute atomic E-state index is 0.0952. The molecule has 2 amide bonds. The lowest BCUT2D eigenvalue weighted by Gasteiger charge is -2.07. The predicted octanol–water partition coefficient (Wildman–Crippen LogP) is 1.95. The zero-order valence-corrected chi connectivity index (χ0v) is 10.4. The molecule has 1 aromatic carbocycles. The van der Waals surface area contributed by atoms with Gasteiger partial charge in [-0.05, 0) is 25.1 Å². The van der Waals surface area contributed by atoms with Gasteiger partial charge in [0.1, 0.15) is 5.78 Å². The number of benzene rings is 1. The summed E-state index contributed by atoms with van der Waals surface area (Å²) >= 11 is 0. The molecule has 0 spiro atoms. The third-order valence-corrected chi connectivity index (χ3v) is 2.16. The first kappa shape index (κ1) is 13.9. The maximum Gasteiger partial charge on any atom is 0.231 e. The topological polar surface area (TPSA) is 75.3 Å². The van der Waals surface area contributed by atoms with Gasteiger partial charge in [-0.1, -0.05) is 13.0 Å². The van der Waals surface area contributed by atoms with Crippen LogP contribution in [0.1, 0.15) is 26.7 Å². The molecule has 18 heavy (non-hydrogen) atoms. The van der Waals surface area contributed by atoms with Crippen molar-refractivity contribution in [1.82, 2.24) is 0 Å². The van der Waals surface area contributed by atoms with E-state index in [9.17, 15) is 14.4 Å². The number of amides is 2. The van der Waals surface area contributed by atoms with E-state index < -0.39 is 0 Å². The van der Waals surface area contributed by atoms with Crippen LogP contribution in [0.5, 0.6) is 0 Å². The summed E-state index contributed by atoms with van der Waals surface area (Å²) in [4.78, 5) is 33.4. The number of nitrogens with one attached hydrogen (secondary N) is 2. The molecule has 0 atom stereocenters. The highest BCUT2D eigenvalue weighted by Crippen LogP contribution is 2.15. The van der Waals surface area contributed by atoms with E-state index in [1.54, 1.807) is 31.2 Å². The van der Waals surface area contributed by atoms with Crippen molar-refractivity contribution in [2.45, 2.75) is 26.7 Å². The molecule has 5 heteroatoms. The third-order valence-electron chi connectivity index (χ3n) is 2.16. The maximum absolute atomic E-state index is 11.4. The molecule has 1 aromatic rings. The molecule has 2 N–H and O–H groups in total. The highest BCUT2D eigenvalue weighted by molar-refractivity contribution is 6.03. The highest BCUT2D eigenvalue weighted by atomic mass is 16.2. The Bertz CT molecular complexity index is 469. The van der Waals surface area contributed by atoms with Crippen LogP contribution in [0.2, 0.25) is 0 Å². The number of hydrogen-bond donors (Lipinski definition) is 2. The van der Waals surface area contributed by atoms with E-state index in [2.05, 4.69) is 10.6 Å². The summed E-state index contributed by atoms with van der Waals surface area (Å²) in [6.45, 7) is 3.12. The largest absolute Gasteiger partial charge is 0.326 e. The van der Waals surface area contributed by atoms with Gasteiger partial charge in [0.25, 0.3) is 0 Å². The Balaban J connectivity index is 2.67. The second-order valence-electron chi connectivity index (χ2n) is 3.91. The van der Waals surface area contributed by atoms with E-state index >= 15 is 0 Å².